The van der Waals surface area contributed by atoms with Gasteiger partial charge in [-0.1, -0.05) is 5.57 Å². The van der Waals surface area contributed by atoms with E-state index in [2.05, 4.69) is 39.8 Å². The maximum atomic E-state index is 11.7. The molecule has 1 rings (SSSR count). The van der Waals surface area contributed by atoms with Crippen LogP contribution in [-0.2, 0) is 9.47 Å². The number of ether oxygens (including phenoxy) is 3. The van der Waals surface area contributed by atoms with Crippen molar-refractivity contribution in [3.63, 3.8) is 0 Å². The molecule has 1 aromatic carbocycles. The first kappa shape index (κ1) is 22.8. The van der Waals surface area contributed by atoms with Crippen LogP contribution in [0.15, 0.2) is 29.5 Å². The number of carbonyl (C=O) groups is 1. The van der Waals surface area contributed by atoms with Crippen molar-refractivity contribution in [3.05, 3.63) is 35.0 Å². The second-order valence-corrected chi connectivity index (χ2v) is 5.80. The summed E-state index contributed by atoms with van der Waals surface area (Å²) >= 11 is 0. The first-order chi connectivity index (χ1) is 11.7. The summed E-state index contributed by atoms with van der Waals surface area (Å²) in [4.78, 5) is 13.8. The van der Waals surface area contributed by atoms with Gasteiger partial charge in [0, 0.05) is 32.6 Å². The minimum absolute atomic E-state index is 0.311. The molecule has 0 saturated heterocycles. The van der Waals surface area contributed by atoms with E-state index in [1.807, 2.05) is 0 Å². The van der Waals surface area contributed by atoms with E-state index in [0.29, 0.717) is 36.8 Å². The topological polar surface area (TPSA) is 74.0 Å². The summed E-state index contributed by atoms with van der Waals surface area (Å²) in [5.41, 5.74) is 9.19. The third-order valence-corrected chi connectivity index (χ3v) is 3.44. The summed E-state index contributed by atoms with van der Waals surface area (Å²) in [5.74, 6) is 0.0157. The fraction of sp³-hybridized carbons (Fsp3) is 0.526. The van der Waals surface area contributed by atoms with Gasteiger partial charge < -0.3 is 24.8 Å². The lowest BCUT2D eigenvalue weighted by atomic mass is 10.2. The van der Waals surface area contributed by atoms with E-state index < -0.39 is 5.97 Å². The number of anilines is 1. The van der Waals surface area contributed by atoms with Crippen LogP contribution in [0.2, 0.25) is 0 Å². The lowest BCUT2D eigenvalue weighted by Crippen LogP contribution is -2.11. The Kier molecular flexibility index (Phi) is 11.1. The number of esters is 1. The van der Waals surface area contributed by atoms with Gasteiger partial charge >= 0.3 is 5.97 Å². The molecule has 25 heavy (non-hydrogen) atoms. The van der Waals surface area contributed by atoms with Crippen molar-refractivity contribution < 1.29 is 19.0 Å². The van der Waals surface area contributed by atoms with Crippen molar-refractivity contribution in [1.29, 1.82) is 0 Å². The van der Waals surface area contributed by atoms with Crippen LogP contribution < -0.4 is 10.5 Å². The van der Waals surface area contributed by atoms with Gasteiger partial charge in [0.15, 0.2) is 0 Å². The molecule has 2 N–H and O–H groups in total. The third kappa shape index (κ3) is 9.00. The highest BCUT2D eigenvalue weighted by Gasteiger charge is 2.14. The second-order valence-electron chi connectivity index (χ2n) is 5.80. The predicted octanol–water partition coefficient (Wildman–Crippen LogP) is 3.33. The number of methoxy groups -OCH3 is 1. The number of hydrogen-bond acceptors (Lipinski definition) is 6. The van der Waals surface area contributed by atoms with Gasteiger partial charge in [0.05, 0.1) is 13.2 Å². The average molecular weight is 352 g/mol. The normalized spacial score (nSPS) is 9.56. The smallest absolute Gasteiger partial charge is 0.341 e. The fourth-order valence-corrected chi connectivity index (χ4v) is 1.72. The maximum Gasteiger partial charge on any atom is 0.341 e. The number of nitrogens with zero attached hydrogens (tertiary/aromatic N) is 1. The molecule has 1 aromatic rings. The van der Waals surface area contributed by atoms with E-state index in [-0.39, 0.29) is 0 Å². The molecule has 0 saturated carbocycles. The molecule has 0 bridgehead atoms. The Labute approximate surface area is 151 Å². The molecule has 0 heterocycles. The van der Waals surface area contributed by atoms with Crippen molar-refractivity contribution in [3.8, 4) is 5.75 Å². The van der Waals surface area contributed by atoms with Crippen LogP contribution in [0.1, 0.15) is 38.1 Å². The van der Waals surface area contributed by atoms with Crippen LogP contribution in [0.4, 0.5) is 5.69 Å². The Hall–Kier alpha value is -2.21. The van der Waals surface area contributed by atoms with Crippen molar-refractivity contribution in [2.75, 3.05) is 46.8 Å². The first-order valence-electron chi connectivity index (χ1n) is 8.24. The van der Waals surface area contributed by atoms with E-state index in [1.54, 1.807) is 32.2 Å². The van der Waals surface area contributed by atoms with Crippen LogP contribution in [0.25, 0.3) is 0 Å². The zero-order valence-electron chi connectivity index (χ0n) is 16.5. The summed E-state index contributed by atoms with van der Waals surface area (Å²) in [6.07, 6.45) is 0. The third-order valence-electron chi connectivity index (χ3n) is 3.44. The van der Waals surface area contributed by atoms with Gasteiger partial charge in [-0.05, 0) is 45.9 Å². The molecule has 0 aliphatic rings. The summed E-state index contributed by atoms with van der Waals surface area (Å²) < 4.78 is 15.2. The molecule has 0 spiro atoms. The number of carbonyl (C=O) groups excluding carboxylic acids is 1. The predicted molar refractivity (Wildman–Crippen MR) is 102 cm³/mol. The molecule has 0 unspecified atom stereocenters. The molecular weight excluding hydrogens is 320 g/mol. The van der Waals surface area contributed by atoms with E-state index >= 15 is 0 Å². The van der Waals surface area contributed by atoms with Gasteiger partial charge in [-0.3, -0.25) is 0 Å². The maximum absolute atomic E-state index is 11.7. The summed E-state index contributed by atoms with van der Waals surface area (Å²) in [7, 11) is 5.70. The van der Waals surface area contributed by atoms with Crippen LogP contribution in [0, 0.1) is 0 Å². The molecule has 0 radical (unpaired) electrons. The SMILES string of the molecule is CC(C)=C(C)N(C)C.CCOC(=O)c1cc(N)ccc1OCCOC. The Bertz CT molecular complexity index is 565. The van der Waals surface area contributed by atoms with E-state index in [0.717, 1.165) is 0 Å². The highest BCUT2D eigenvalue weighted by molar-refractivity contribution is 5.93. The van der Waals surface area contributed by atoms with Crippen LogP contribution in [-0.4, -0.2) is 51.9 Å². The second kappa shape index (κ2) is 12.2. The van der Waals surface area contributed by atoms with Gasteiger partial charge in [0.25, 0.3) is 0 Å². The average Bonchev–Trinajstić information content (AvgIpc) is 2.56. The van der Waals surface area contributed by atoms with Gasteiger partial charge in [-0.15, -0.1) is 0 Å². The molecule has 0 aliphatic heterocycles. The van der Waals surface area contributed by atoms with Gasteiger partial charge in [-0.25, -0.2) is 4.79 Å². The summed E-state index contributed by atoms with van der Waals surface area (Å²) in [6.45, 7) is 9.24. The Balaban J connectivity index is 0.000000609. The number of allylic oxidation sites excluding steroid dienone is 2. The Morgan fingerprint density at radius 2 is 1.80 bits per heavy atom. The lowest BCUT2D eigenvalue weighted by molar-refractivity contribution is 0.0519. The number of hydrogen-bond donors (Lipinski definition) is 1. The van der Waals surface area contributed by atoms with Crippen molar-refractivity contribution >= 4 is 11.7 Å². The quantitative estimate of drug-likeness (QED) is 0.461. The van der Waals surface area contributed by atoms with Crippen molar-refractivity contribution in [2.45, 2.75) is 27.7 Å². The molecule has 142 valence electrons. The largest absolute Gasteiger partial charge is 0.490 e. The molecular formula is C19H32N2O4. The fourth-order valence-electron chi connectivity index (χ4n) is 1.72. The lowest BCUT2D eigenvalue weighted by Gasteiger charge is -2.13. The van der Waals surface area contributed by atoms with Crippen LogP contribution >= 0.6 is 0 Å². The van der Waals surface area contributed by atoms with Gasteiger partial charge in [-0.2, -0.15) is 0 Å². The summed E-state index contributed by atoms with van der Waals surface area (Å²) in [5, 5.41) is 0. The van der Waals surface area contributed by atoms with E-state index in [1.165, 1.54) is 11.3 Å². The van der Waals surface area contributed by atoms with E-state index in [4.69, 9.17) is 19.9 Å². The van der Waals surface area contributed by atoms with Crippen LogP contribution in [0.3, 0.4) is 0 Å². The van der Waals surface area contributed by atoms with Crippen molar-refractivity contribution in [1.82, 2.24) is 4.90 Å². The number of rotatable bonds is 7. The monoisotopic (exact) mass is 352 g/mol. The number of benzene rings is 1. The molecule has 0 aliphatic carbocycles. The molecule has 0 amide bonds. The number of nitrogen functional groups attached to an aromatic ring is 1. The van der Waals surface area contributed by atoms with Crippen molar-refractivity contribution in [2.24, 2.45) is 0 Å². The Morgan fingerprint density at radius 3 is 2.24 bits per heavy atom. The first-order valence-corrected chi connectivity index (χ1v) is 8.24. The molecule has 0 atom stereocenters. The zero-order valence-corrected chi connectivity index (χ0v) is 16.5. The van der Waals surface area contributed by atoms with Crippen LogP contribution in [0.5, 0.6) is 5.75 Å². The number of nitrogens with two attached hydrogens (primary N) is 1. The van der Waals surface area contributed by atoms with E-state index in [9.17, 15) is 4.79 Å². The standard InChI is InChI=1S/C12H17NO4.C7H15N/c1-3-16-12(14)10-8-9(13)4-5-11(10)17-7-6-15-2;1-6(2)7(3)8(4)5/h4-5,8H,3,6-7,13H2,1-2H3;1-5H3. The highest BCUT2D eigenvalue weighted by atomic mass is 16.5. The molecule has 6 nitrogen and oxygen atoms in total. The summed E-state index contributed by atoms with van der Waals surface area (Å²) in [6, 6.07) is 4.86. The van der Waals surface area contributed by atoms with Gasteiger partial charge in [0.2, 0.25) is 0 Å². The molecule has 0 aromatic heterocycles. The minimum atomic E-state index is -0.438. The highest BCUT2D eigenvalue weighted by Crippen LogP contribution is 2.22. The van der Waals surface area contributed by atoms with Gasteiger partial charge in [0.1, 0.15) is 17.9 Å². The molecule has 0 fully saturated rings. The Morgan fingerprint density at radius 1 is 1.16 bits per heavy atom. The minimum Gasteiger partial charge on any atom is -0.490 e. The molecule has 6 heteroatoms. The zero-order chi connectivity index (χ0) is 19.4.